The highest BCUT2D eigenvalue weighted by Gasteiger charge is 2.34. The van der Waals surface area contributed by atoms with Gasteiger partial charge >= 0.3 is 0 Å². The van der Waals surface area contributed by atoms with E-state index in [9.17, 15) is 15.0 Å². The lowest BCUT2D eigenvalue weighted by molar-refractivity contribution is 0.0572. The number of aliphatic hydroxyl groups is 2. The van der Waals surface area contributed by atoms with Gasteiger partial charge in [-0.2, -0.15) is 5.10 Å². The van der Waals surface area contributed by atoms with Crippen LogP contribution in [0.4, 0.5) is 5.69 Å². The molecule has 0 aliphatic carbocycles. The number of carbonyl (C=O) groups excluding carboxylic acids is 1. The Kier molecular flexibility index (Phi) is 2.56. The number of aliphatic hydroxyl groups excluding tert-OH is 2. The van der Waals surface area contributed by atoms with E-state index in [2.05, 4.69) is 5.10 Å². The summed E-state index contributed by atoms with van der Waals surface area (Å²) >= 11 is 0. The first-order chi connectivity index (χ1) is 7.50. The summed E-state index contributed by atoms with van der Waals surface area (Å²) in [5.41, 5.74) is 6.20. The van der Waals surface area contributed by atoms with Crippen molar-refractivity contribution in [3.05, 3.63) is 11.9 Å². The van der Waals surface area contributed by atoms with Gasteiger partial charge in [-0.25, -0.2) is 0 Å². The second-order valence-electron chi connectivity index (χ2n) is 3.92. The number of likely N-dealkylation sites (tertiary alicyclic amines) is 1. The first-order valence-electron chi connectivity index (χ1n) is 4.93. The molecule has 2 rings (SSSR count). The second-order valence-corrected chi connectivity index (χ2v) is 3.92. The van der Waals surface area contributed by atoms with Crippen LogP contribution in [0.25, 0.3) is 0 Å². The maximum atomic E-state index is 12.0. The molecule has 88 valence electrons. The lowest BCUT2D eigenvalue weighted by atomic mass is 10.3. The van der Waals surface area contributed by atoms with Crippen molar-refractivity contribution in [2.75, 3.05) is 18.8 Å². The fourth-order valence-electron chi connectivity index (χ4n) is 1.80. The fourth-order valence-corrected chi connectivity index (χ4v) is 1.80. The molecule has 16 heavy (non-hydrogen) atoms. The molecule has 1 amide bonds. The third-order valence-electron chi connectivity index (χ3n) is 2.72. The highest BCUT2D eigenvalue weighted by molar-refractivity contribution is 5.97. The van der Waals surface area contributed by atoms with E-state index in [-0.39, 0.29) is 24.7 Å². The van der Waals surface area contributed by atoms with E-state index in [1.165, 1.54) is 15.8 Å². The normalized spacial score (nSPS) is 25.1. The number of rotatable bonds is 1. The molecule has 1 aromatic heterocycles. The van der Waals surface area contributed by atoms with Crippen molar-refractivity contribution in [3.63, 3.8) is 0 Å². The van der Waals surface area contributed by atoms with Crippen molar-refractivity contribution in [3.8, 4) is 0 Å². The number of β-amino-alcohol motifs (C(OH)–C–C–N with tert-alkyl or cyclic N) is 2. The van der Waals surface area contributed by atoms with Gasteiger partial charge in [0.2, 0.25) is 0 Å². The molecule has 1 saturated heterocycles. The van der Waals surface area contributed by atoms with Crippen LogP contribution in [0.1, 0.15) is 10.5 Å². The molecule has 2 unspecified atom stereocenters. The van der Waals surface area contributed by atoms with E-state index in [1.807, 2.05) is 0 Å². The summed E-state index contributed by atoms with van der Waals surface area (Å²) in [6.45, 7) is 0.231. The molecular weight excluding hydrogens is 212 g/mol. The molecule has 7 heteroatoms. The molecule has 2 heterocycles. The van der Waals surface area contributed by atoms with E-state index in [4.69, 9.17) is 5.73 Å². The number of anilines is 1. The smallest absolute Gasteiger partial charge is 0.274 e. The molecule has 0 saturated carbocycles. The SMILES string of the molecule is Cn1ncc(N)c1C(=O)N1CC(O)C(O)C1. The maximum absolute atomic E-state index is 12.0. The molecule has 0 radical (unpaired) electrons. The molecule has 1 aromatic rings. The zero-order chi connectivity index (χ0) is 11.9. The summed E-state index contributed by atoms with van der Waals surface area (Å²) in [5, 5.41) is 22.6. The quantitative estimate of drug-likeness (QED) is 0.523. The Hall–Kier alpha value is -1.60. The van der Waals surface area contributed by atoms with Crippen LogP contribution in [0.2, 0.25) is 0 Å². The molecule has 1 fully saturated rings. The molecule has 7 nitrogen and oxygen atoms in total. The van der Waals surface area contributed by atoms with Gasteiger partial charge in [0.15, 0.2) is 0 Å². The number of nitrogens with zero attached hydrogens (tertiary/aromatic N) is 3. The first-order valence-corrected chi connectivity index (χ1v) is 4.93. The molecule has 0 spiro atoms. The highest BCUT2D eigenvalue weighted by atomic mass is 16.3. The number of nitrogen functional groups attached to an aromatic ring is 1. The first kappa shape index (κ1) is 10.9. The minimum Gasteiger partial charge on any atom is -0.396 e. The van der Waals surface area contributed by atoms with Gasteiger partial charge in [-0.1, -0.05) is 0 Å². The summed E-state index contributed by atoms with van der Waals surface area (Å²) < 4.78 is 1.38. The fraction of sp³-hybridized carbons (Fsp3) is 0.556. The second kappa shape index (κ2) is 3.76. The average Bonchev–Trinajstić information content (AvgIpc) is 2.72. The van der Waals surface area contributed by atoms with Gasteiger partial charge < -0.3 is 20.8 Å². The van der Waals surface area contributed by atoms with Crippen LogP contribution in [0.5, 0.6) is 0 Å². The summed E-state index contributed by atoms with van der Waals surface area (Å²) in [7, 11) is 1.62. The summed E-state index contributed by atoms with van der Waals surface area (Å²) in [5.74, 6) is -0.326. The Balaban J connectivity index is 2.21. The minimum absolute atomic E-state index is 0.116. The molecule has 1 aliphatic rings. The topological polar surface area (TPSA) is 105 Å². The Bertz CT molecular complexity index is 387. The molecule has 1 aliphatic heterocycles. The third kappa shape index (κ3) is 1.63. The Morgan fingerprint density at radius 1 is 1.50 bits per heavy atom. The number of hydrogen-bond acceptors (Lipinski definition) is 5. The van der Waals surface area contributed by atoms with Crippen molar-refractivity contribution in [2.24, 2.45) is 7.05 Å². The number of hydrogen-bond donors (Lipinski definition) is 3. The number of aromatic nitrogens is 2. The molecule has 0 bridgehead atoms. The summed E-state index contributed by atoms with van der Waals surface area (Å²) in [4.78, 5) is 13.4. The largest absolute Gasteiger partial charge is 0.396 e. The van der Waals surface area contributed by atoms with E-state index in [0.717, 1.165) is 0 Å². The van der Waals surface area contributed by atoms with Crippen LogP contribution in [0.3, 0.4) is 0 Å². The maximum Gasteiger partial charge on any atom is 0.274 e. The van der Waals surface area contributed by atoms with Crippen molar-refractivity contribution >= 4 is 11.6 Å². The number of amides is 1. The van der Waals surface area contributed by atoms with E-state index >= 15 is 0 Å². The van der Waals surface area contributed by atoms with Crippen molar-refractivity contribution in [1.29, 1.82) is 0 Å². The average molecular weight is 226 g/mol. The highest BCUT2D eigenvalue weighted by Crippen LogP contribution is 2.17. The van der Waals surface area contributed by atoms with Crippen molar-refractivity contribution in [1.82, 2.24) is 14.7 Å². The van der Waals surface area contributed by atoms with Crippen LogP contribution in [0, 0.1) is 0 Å². The van der Waals surface area contributed by atoms with Crippen LogP contribution in [-0.2, 0) is 7.05 Å². The van der Waals surface area contributed by atoms with Gasteiger partial charge in [-0.3, -0.25) is 9.48 Å². The molecule has 0 aromatic carbocycles. The Morgan fingerprint density at radius 3 is 2.50 bits per heavy atom. The molecule has 2 atom stereocenters. The van der Waals surface area contributed by atoms with Crippen LogP contribution >= 0.6 is 0 Å². The monoisotopic (exact) mass is 226 g/mol. The lowest BCUT2D eigenvalue weighted by Crippen LogP contribution is -2.31. The summed E-state index contributed by atoms with van der Waals surface area (Å²) in [6, 6.07) is 0. The lowest BCUT2D eigenvalue weighted by Gasteiger charge is -2.15. The van der Waals surface area contributed by atoms with Crippen LogP contribution in [-0.4, -0.2) is 56.1 Å². The van der Waals surface area contributed by atoms with Gasteiger partial charge in [0, 0.05) is 20.1 Å². The predicted molar refractivity (Wildman–Crippen MR) is 55.5 cm³/mol. The van der Waals surface area contributed by atoms with E-state index in [0.29, 0.717) is 5.69 Å². The number of carbonyl (C=O) groups is 1. The van der Waals surface area contributed by atoms with Gasteiger partial charge in [0.25, 0.3) is 5.91 Å². The van der Waals surface area contributed by atoms with Crippen molar-refractivity contribution < 1.29 is 15.0 Å². The van der Waals surface area contributed by atoms with Gasteiger partial charge in [-0.05, 0) is 0 Å². The van der Waals surface area contributed by atoms with Gasteiger partial charge in [0.05, 0.1) is 24.1 Å². The van der Waals surface area contributed by atoms with Crippen molar-refractivity contribution in [2.45, 2.75) is 12.2 Å². The van der Waals surface area contributed by atoms with Crippen LogP contribution < -0.4 is 5.73 Å². The Labute approximate surface area is 92.1 Å². The standard InChI is InChI=1S/C9H14N4O3/c1-12-8(5(10)2-11-12)9(16)13-3-6(14)7(15)4-13/h2,6-7,14-15H,3-4,10H2,1H3. The number of aryl methyl sites for hydroxylation is 1. The summed E-state index contributed by atoms with van der Waals surface area (Å²) in [6.07, 6.45) is -0.382. The van der Waals surface area contributed by atoms with E-state index in [1.54, 1.807) is 7.05 Å². The molecule has 4 N–H and O–H groups in total. The third-order valence-corrected chi connectivity index (χ3v) is 2.72. The Morgan fingerprint density at radius 2 is 2.06 bits per heavy atom. The van der Waals surface area contributed by atoms with Gasteiger partial charge in [-0.15, -0.1) is 0 Å². The van der Waals surface area contributed by atoms with Crippen LogP contribution in [0.15, 0.2) is 6.20 Å². The predicted octanol–water partition coefficient (Wildman–Crippen LogP) is -1.82. The van der Waals surface area contributed by atoms with E-state index < -0.39 is 12.2 Å². The zero-order valence-corrected chi connectivity index (χ0v) is 8.87. The van der Waals surface area contributed by atoms with Gasteiger partial charge in [0.1, 0.15) is 5.69 Å². The number of nitrogens with two attached hydrogens (primary N) is 1. The molecular formula is C9H14N4O3. The zero-order valence-electron chi connectivity index (χ0n) is 8.87. The minimum atomic E-state index is -0.890.